The quantitative estimate of drug-likeness (QED) is 0.322. The highest BCUT2D eigenvalue weighted by molar-refractivity contribution is 8.03. The highest BCUT2D eigenvalue weighted by atomic mass is 35.5. The number of rotatable bonds is 9. The van der Waals surface area contributed by atoms with Crippen LogP contribution in [-0.2, 0) is 26.3 Å². The molecule has 36 heavy (non-hydrogen) atoms. The molecular weight excluding hydrogens is 551 g/mol. The Hall–Kier alpha value is -1.38. The molecule has 2 fully saturated rings. The van der Waals surface area contributed by atoms with Gasteiger partial charge in [-0.25, -0.2) is 14.7 Å². The van der Waals surface area contributed by atoms with Crippen LogP contribution in [0, 0.1) is 11.8 Å². The molecule has 3 aliphatic heterocycles. The summed E-state index contributed by atoms with van der Waals surface area (Å²) in [5.74, 6) is -2.46. The van der Waals surface area contributed by atoms with E-state index in [1.807, 2.05) is 11.8 Å². The number of likely N-dealkylation sites (tertiary alicyclic amines) is 1. The lowest BCUT2D eigenvalue weighted by Crippen LogP contribution is -2.63. The predicted molar refractivity (Wildman–Crippen MR) is 137 cm³/mol. The van der Waals surface area contributed by atoms with Gasteiger partial charge in [0.15, 0.2) is 0 Å². The van der Waals surface area contributed by atoms with E-state index in [0.717, 1.165) is 0 Å². The molecule has 1 aromatic rings. The Morgan fingerprint density at radius 1 is 1.33 bits per heavy atom. The number of nitrogens with one attached hydrogen (secondary N) is 1. The van der Waals surface area contributed by atoms with Crippen LogP contribution < -0.4 is 9.86 Å². The van der Waals surface area contributed by atoms with Crippen LogP contribution in [0.1, 0.15) is 25.8 Å². The number of hydrogen-bond donors (Lipinski definition) is 4. The van der Waals surface area contributed by atoms with E-state index in [9.17, 15) is 28.2 Å². The number of halogens is 2. The summed E-state index contributed by atoms with van der Waals surface area (Å²) in [5.41, 5.74) is 0.674. The standard InChI is InChI=1S/C22H28Cl2N4O6S2/c1-10-18-17(11(2)29)21(30)28(18)19(22(31)32)20(10)35-13-6-12(7-26-36(25,33)34)27(8-13)9-14-15(23)4-3-5-16(14)24/h3-5,10-13,17-18,26,29H,6-9H2,1-2H3,(H,31,32)(H2,25,33,34)/t10-,11-,12+,13+,17-,18-/m1/s1. The number of carbonyl (C=O) groups is 2. The summed E-state index contributed by atoms with van der Waals surface area (Å²) >= 11 is 14.1. The summed E-state index contributed by atoms with van der Waals surface area (Å²) in [6, 6.07) is 4.55. The van der Waals surface area contributed by atoms with Crippen molar-refractivity contribution in [2.45, 2.75) is 50.3 Å². The van der Waals surface area contributed by atoms with E-state index in [2.05, 4.69) is 4.72 Å². The number of amides is 1. The van der Waals surface area contributed by atoms with E-state index < -0.39 is 34.2 Å². The van der Waals surface area contributed by atoms with Crippen molar-refractivity contribution in [3.63, 3.8) is 0 Å². The van der Waals surface area contributed by atoms with Crippen LogP contribution >= 0.6 is 35.0 Å². The van der Waals surface area contributed by atoms with Crippen molar-refractivity contribution in [3.8, 4) is 0 Å². The zero-order valence-electron chi connectivity index (χ0n) is 19.6. The largest absolute Gasteiger partial charge is 0.477 e. The third-order valence-corrected chi connectivity index (χ3v) is 9.81. The Balaban J connectivity index is 1.58. The molecule has 2 saturated heterocycles. The van der Waals surface area contributed by atoms with Crippen molar-refractivity contribution in [3.05, 3.63) is 44.4 Å². The fourth-order valence-corrected chi connectivity index (χ4v) is 7.92. The highest BCUT2D eigenvalue weighted by Crippen LogP contribution is 2.52. The Morgan fingerprint density at radius 3 is 2.53 bits per heavy atom. The molecule has 14 heteroatoms. The molecule has 0 aliphatic carbocycles. The second-order valence-corrected chi connectivity index (χ2v) is 13.0. The number of carboxylic acids is 1. The van der Waals surface area contributed by atoms with E-state index in [1.165, 1.54) is 23.6 Å². The summed E-state index contributed by atoms with van der Waals surface area (Å²) in [7, 11) is -3.91. The first kappa shape index (κ1) is 27.6. The number of aliphatic hydroxyl groups excluding tert-OH is 1. The lowest BCUT2D eigenvalue weighted by molar-refractivity contribution is -0.163. The molecule has 3 heterocycles. The van der Waals surface area contributed by atoms with Crippen LogP contribution in [0.2, 0.25) is 10.0 Å². The second-order valence-electron chi connectivity index (χ2n) is 9.42. The summed E-state index contributed by atoms with van der Waals surface area (Å²) in [6.45, 7) is 4.34. The lowest BCUT2D eigenvalue weighted by Gasteiger charge is -2.46. The Morgan fingerprint density at radius 2 is 1.97 bits per heavy atom. The van der Waals surface area contributed by atoms with Gasteiger partial charge in [-0.15, -0.1) is 11.8 Å². The molecule has 0 radical (unpaired) electrons. The molecule has 0 aromatic heterocycles. The average molecular weight is 580 g/mol. The van der Waals surface area contributed by atoms with Crippen molar-refractivity contribution in [1.82, 2.24) is 14.5 Å². The maximum absolute atomic E-state index is 12.6. The van der Waals surface area contributed by atoms with Gasteiger partial charge in [0.25, 0.3) is 10.2 Å². The number of benzene rings is 1. The second kappa shape index (κ2) is 10.4. The highest BCUT2D eigenvalue weighted by Gasteiger charge is 2.60. The van der Waals surface area contributed by atoms with E-state index in [1.54, 1.807) is 18.2 Å². The monoisotopic (exact) mass is 578 g/mol. The van der Waals surface area contributed by atoms with Gasteiger partial charge in [-0.2, -0.15) is 8.42 Å². The molecule has 6 atom stereocenters. The number of nitrogens with two attached hydrogens (primary N) is 1. The number of aliphatic carboxylic acids is 1. The summed E-state index contributed by atoms with van der Waals surface area (Å²) in [4.78, 5) is 28.7. The van der Waals surface area contributed by atoms with Gasteiger partial charge < -0.3 is 15.1 Å². The smallest absolute Gasteiger partial charge is 0.353 e. The molecule has 5 N–H and O–H groups in total. The van der Waals surface area contributed by atoms with Crippen LogP contribution in [-0.4, -0.2) is 76.8 Å². The summed E-state index contributed by atoms with van der Waals surface area (Å²) in [6.07, 6.45) is -0.340. The third-order valence-electron chi connectivity index (χ3n) is 7.04. The van der Waals surface area contributed by atoms with Gasteiger partial charge in [0.2, 0.25) is 5.91 Å². The maximum atomic E-state index is 12.6. The third kappa shape index (κ3) is 5.28. The van der Waals surface area contributed by atoms with Crippen molar-refractivity contribution in [1.29, 1.82) is 0 Å². The lowest BCUT2D eigenvalue weighted by atomic mass is 9.79. The minimum Gasteiger partial charge on any atom is -0.477 e. The van der Waals surface area contributed by atoms with Gasteiger partial charge in [0, 0.05) is 57.4 Å². The van der Waals surface area contributed by atoms with Crippen LogP contribution in [0.3, 0.4) is 0 Å². The minimum absolute atomic E-state index is 0.0359. The van der Waals surface area contributed by atoms with Gasteiger partial charge in [0.1, 0.15) is 5.70 Å². The zero-order valence-corrected chi connectivity index (χ0v) is 22.7. The first-order valence-corrected chi connectivity index (χ1v) is 14.6. The van der Waals surface area contributed by atoms with Gasteiger partial charge in [-0.3, -0.25) is 9.69 Å². The number of β-lactam (4-membered cyclic amide) rings is 1. The fourth-order valence-electron chi connectivity index (χ4n) is 5.39. The molecule has 1 aromatic carbocycles. The van der Waals surface area contributed by atoms with Crippen molar-refractivity contribution in [2.75, 3.05) is 13.1 Å². The van der Waals surface area contributed by atoms with Gasteiger partial charge in [-0.05, 0) is 25.5 Å². The normalized spacial score (nSPS) is 29.4. The first-order valence-electron chi connectivity index (χ1n) is 11.4. The molecule has 3 aliphatic rings. The number of aliphatic hydroxyl groups is 1. The molecule has 10 nitrogen and oxygen atoms in total. The van der Waals surface area contributed by atoms with Gasteiger partial charge in [0.05, 0.1) is 18.1 Å². The van der Waals surface area contributed by atoms with E-state index in [4.69, 9.17) is 28.3 Å². The molecule has 0 unspecified atom stereocenters. The predicted octanol–water partition coefficient (Wildman–Crippen LogP) is 1.62. The first-order chi connectivity index (χ1) is 16.8. The number of hydrogen-bond acceptors (Lipinski definition) is 7. The van der Waals surface area contributed by atoms with E-state index in [0.29, 0.717) is 40.0 Å². The van der Waals surface area contributed by atoms with Gasteiger partial charge >= 0.3 is 5.97 Å². The molecule has 0 saturated carbocycles. The number of carboxylic acid groups (broad SMARTS) is 1. The minimum atomic E-state index is -3.91. The molecule has 4 rings (SSSR count). The van der Waals surface area contributed by atoms with Gasteiger partial charge in [-0.1, -0.05) is 36.2 Å². The number of thioether (sulfide) groups is 1. The molecule has 198 valence electrons. The molecule has 0 spiro atoms. The Bertz CT molecular complexity index is 1190. The number of fused-ring (bicyclic) bond motifs is 1. The van der Waals surface area contributed by atoms with Crippen LogP contribution in [0.4, 0.5) is 0 Å². The fraction of sp³-hybridized carbons (Fsp3) is 0.545. The van der Waals surface area contributed by atoms with Crippen LogP contribution in [0.25, 0.3) is 0 Å². The SMILES string of the molecule is C[C@@H](O)[C@H]1C(=O)N2C(C(=O)O)=C(S[C@H]3C[C@@H](CNS(N)(=O)=O)N(Cc4c(Cl)cccc4Cl)C3)[C@H](C)[C@H]12. The van der Waals surface area contributed by atoms with Crippen LogP contribution in [0.5, 0.6) is 0 Å². The Kier molecular flexibility index (Phi) is 8.00. The zero-order chi connectivity index (χ0) is 26.5. The number of carbonyl (C=O) groups excluding carboxylic acids is 1. The molecule has 1 amide bonds. The van der Waals surface area contributed by atoms with E-state index >= 15 is 0 Å². The Labute approximate surface area is 224 Å². The van der Waals surface area contributed by atoms with Crippen molar-refractivity contribution < 1.29 is 28.2 Å². The summed E-state index contributed by atoms with van der Waals surface area (Å²) in [5, 5.41) is 26.0. The average Bonchev–Trinajstić information content (AvgIpc) is 3.25. The topological polar surface area (TPSA) is 153 Å². The molecule has 0 bridgehead atoms. The number of nitrogens with zero attached hydrogens (tertiary/aromatic N) is 2. The summed E-state index contributed by atoms with van der Waals surface area (Å²) < 4.78 is 25.4. The van der Waals surface area contributed by atoms with Crippen molar-refractivity contribution >= 4 is 57.0 Å². The molecular formula is C22H28Cl2N4O6S2. The van der Waals surface area contributed by atoms with Crippen LogP contribution in [0.15, 0.2) is 28.8 Å². The van der Waals surface area contributed by atoms with E-state index in [-0.39, 0.29) is 35.4 Å². The maximum Gasteiger partial charge on any atom is 0.353 e. The van der Waals surface area contributed by atoms with Crippen molar-refractivity contribution in [2.24, 2.45) is 17.0 Å².